The van der Waals surface area contributed by atoms with E-state index in [0.29, 0.717) is 0 Å². The molecule has 3 aliphatic heterocycles. The van der Waals surface area contributed by atoms with Gasteiger partial charge in [0.05, 0.1) is 0 Å². The monoisotopic (exact) mass is 194 g/mol. The van der Waals surface area contributed by atoms with Crippen molar-refractivity contribution in [3.63, 3.8) is 0 Å². The van der Waals surface area contributed by atoms with E-state index < -0.39 is 0 Å². The summed E-state index contributed by atoms with van der Waals surface area (Å²) in [5.74, 6) is 0. The molecule has 2 nitrogen and oxygen atoms in total. The van der Waals surface area contributed by atoms with Crippen molar-refractivity contribution in [1.29, 1.82) is 0 Å². The third-order valence-electron chi connectivity index (χ3n) is 4.45. The summed E-state index contributed by atoms with van der Waals surface area (Å²) < 4.78 is 0. The van der Waals surface area contributed by atoms with Crippen LogP contribution in [-0.4, -0.2) is 36.1 Å². The molecular formula is C12H22N2. The van der Waals surface area contributed by atoms with Gasteiger partial charge < -0.3 is 5.32 Å². The van der Waals surface area contributed by atoms with Gasteiger partial charge in [-0.15, -0.1) is 0 Å². The number of piperidine rings is 1. The lowest BCUT2D eigenvalue weighted by Gasteiger charge is -2.30. The fourth-order valence-corrected chi connectivity index (χ4v) is 3.65. The summed E-state index contributed by atoms with van der Waals surface area (Å²) in [5, 5.41) is 3.67. The number of nitrogens with zero attached hydrogens (tertiary/aromatic N) is 1. The lowest BCUT2D eigenvalue weighted by atomic mass is 10.0. The molecule has 1 atom stereocenters. The van der Waals surface area contributed by atoms with Gasteiger partial charge in [0.25, 0.3) is 0 Å². The molecule has 0 radical (unpaired) electrons. The molecular weight excluding hydrogens is 172 g/mol. The van der Waals surface area contributed by atoms with Crippen LogP contribution in [0.25, 0.3) is 0 Å². The van der Waals surface area contributed by atoms with E-state index in [4.69, 9.17) is 0 Å². The summed E-state index contributed by atoms with van der Waals surface area (Å²) >= 11 is 0. The van der Waals surface area contributed by atoms with E-state index in [1.54, 1.807) is 0 Å². The summed E-state index contributed by atoms with van der Waals surface area (Å²) in [6.07, 6.45) is 10.2. The Labute approximate surface area is 87.0 Å². The first-order chi connectivity index (χ1) is 6.93. The second-order valence-electron chi connectivity index (χ2n) is 5.31. The van der Waals surface area contributed by atoms with Crippen molar-refractivity contribution in [3.05, 3.63) is 0 Å². The summed E-state index contributed by atoms with van der Waals surface area (Å²) in [6, 6.07) is 2.73. The Kier molecular flexibility index (Phi) is 2.50. The predicted molar refractivity (Wildman–Crippen MR) is 58.4 cm³/mol. The highest BCUT2D eigenvalue weighted by atomic mass is 15.2. The van der Waals surface area contributed by atoms with Crippen LogP contribution in [0.4, 0.5) is 0 Å². The normalized spacial score (nSPS) is 43.3. The number of fused-ring (bicyclic) bond motifs is 2. The lowest BCUT2D eigenvalue weighted by Crippen LogP contribution is -2.45. The molecule has 0 saturated carbocycles. The van der Waals surface area contributed by atoms with Crippen molar-refractivity contribution < 1.29 is 0 Å². The van der Waals surface area contributed by atoms with Crippen molar-refractivity contribution in [2.24, 2.45) is 0 Å². The minimum atomic E-state index is 0.810. The van der Waals surface area contributed by atoms with E-state index in [1.165, 1.54) is 58.0 Å². The molecule has 0 aliphatic carbocycles. The van der Waals surface area contributed by atoms with Gasteiger partial charge in [0.15, 0.2) is 0 Å². The van der Waals surface area contributed by atoms with E-state index in [0.717, 1.165) is 18.1 Å². The van der Waals surface area contributed by atoms with Crippen molar-refractivity contribution >= 4 is 0 Å². The zero-order valence-corrected chi connectivity index (χ0v) is 9.04. The van der Waals surface area contributed by atoms with Crippen LogP contribution in [0.3, 0.4) is 0 Å². The quantitative estimate of drug-likeness (QED) is 0.720. The predicted octanol–water partition coefficient (Wildman–Crippen LogP) is 1.76. The highest BCUT2D eigenvalue weighted by Gasteiger charge is 2.39. The van der Waals surface area contributed by atoms with Crippen LogP contribution in [0.1, 0.15) is 44.9 Å². The van der Waals surface area contributed by atoms with Crippen LogP contribution >= 0.6 is 0 Å². The van der Waals surface area contributed by atoms with Crippen LogP contribution in [0.2, 0.25) is 0 Å². The minimum absolute atomic E-state index is 0.810. The number of rotatable bonds is 2. The maximum absolute atomic E-state index is 3.67. The second-order valence-corrected chi connectivity index (χ2v) is 5.31. The highest BCUT2D eigenvalue weighted by Crippen LogP contribution is 2.37. The first-order valence-electron chi connectivity index (χ1n) is 6.42. The van der Waals surface area contributed by atoms with Gasteiger partial charge in [-0.25, -0.2) is 0 Å². The smallest absolute Gasteiger partial charge is 0.0195 e. The molecule has 0 aromatic rings. The Hall–Kier alpha value is -0.0800. The summed E-state index contributed by atoms with van der Waals surface area (Å²) in [7, 11) is 0. The molecule has 1 N–H and O–H groups in total. The fraction of sp³-hybridized carbons (Fsp3) is 1.00. The average Bonchev–Trinajstić information content (AvgIpc) is 2.80. The van der Waals surface area contributed by atoms with Crippen molar-refractivity contribution in [3.8, 4) is 0 Å². The molecule has 3 rings (SSSR count). The molecule has 2 bridgehead atoms. The third-order valence-corrected chi connectivity index (χ3v) is 4.45. The molecule has 2 heteroatoms. The minimum Gasteiger partial charge on any atom is -0.313 e. The van der Waals surface area contributed by atoms with E-state index in [1.807, 2.05) is 0 Å². The molecule has 0 aromatic carbocycles. The molecule has 0 aromatic heterocycles. The summed E-state index contributed by atoms with van der Waals surface area (Å²) in [5.41, 5.74) is 0. The standard InChI is InChI=1S/C12H22N2/c1-2-8-13-10(3-1)9-14-11-4-5-12(14)7-6-11/h10-13H,1-9H2/t10-,11?,12?/m1/s1. The number of hydrogen-bond acceptors (Lipinski definition) is 2. The van der Waals surface area contributed by atoms with Gasteiger partial charge in [0, 0.05) is 24.7 Å². The van der Waals surface area contributed by atoms with Gasteiger partial charge in [-0.05, 0) is 45.1 Å². The van der Waals surface area contributed by atoms with Crippen LogP contribution in [0, 0.1) is 0 Å². The van der Waals surface area contributed by atoms with Gasteiger partial charge in [-0.3, -0.25) is 4.90 Å². The maximum atomic E-state index is 3.67. The summed E-state index contributed by atoms with van der Waals surface area (Å²) in [6.45, 7) is 2.60. The molecule has 0 spiro atoms. The average molecular weight is 194 g/mol. The second kappa shape index (κ2) is 3.82. The zero-order valence-electron chi connectivity index (χ0n) is 9.04. The van der Waals surface area contributed by atoms with Gasteiger partial charge in [0.1, 0.15) is 0 Å². The Balaban J connectivity index is 1.56. The van der Waals surface area contributed by atoms with E-state index >= 15 is 0 Å². The molecule has 3 saturated heterocycles. The number of hydrogen-bond donors (Lipinski definition) is 1. The largest absolute Gasteiger partial charge is 0.313 e. The Morgan fingerprint density at radius 2 is 1.64 bits per heavy atom. The first-order valence-corrected chi connectivity index (χ1v) is 6.42. The first kappa shape index (κ1) is 9.17. The van der Waals surface area contributed by atoms with E-state index in [-0.39, 0.29) is 0 Å². The molecule has 3 aliphatic rings. The zero-order chi connectivity index (χ0) is 9.38. The highest BCUT2D eigenvalue weighted by molar-refractivity contribution is 4.96. The number of nitrogens with one attached hydrogen (secondary N) is 1. The molecule has 14 heavy (non-hydrogen) atoms. The van der Waals surface area contributed by atoms with Crippen LogP contribution in [-0.2, 0) is 0 Å². The topological polar surface area (TPSA) is 15.3 Å². The Morgan fingerprint density at radius 3 is 2.21 bits per heavy atom. The SMILES string of the molecule is C1CC[C@H](CN2C3CCC2CC3)NC1. The molecule has 3 fully saturated rings. The van der Waals surface area contributed by atoms with Crippen LogP contribution in [0.15, 0.2) is 0 Å². The molecule has 0 unspecified atom stereocenters. The molecule has 0 amide bonds. The van der Waals surface area contributed by atoms with Crippen molar-refractivity contribution in [2.75, 3.05) is 13.1 Å². The van der Waals surface area contributed by atoms with E-state index in [9.17, 15) is 0 Å². The van der Waals surface area contributed by atoms with Crippen molar-refractivity contribution in [2.45, 2.75) is 63.1 Å². The maximum Gasteiger partial charge on any atom is 0.0195 e. The molecule has 3 heterocycles. The van der Waals surface area contributed by atoms with Crippen molar-refractivity contribution in [1.82, 2.24) is 10.2 Å². The van der Waals surface area contributed by atoms with Crippen LogP contribution < -0.4 is 5.32 Å². The van der Waals surface area contributed by atoms with Gasteiger partial charge in [0.2, 0.25) is 0 Å². The molecule has 80 valence electrons. The summed E-state index contributed by atoms with van der Waals surface area (Å²) in [4.78, 5) is 2.81. The van der Waals surface area contributed by atoms with Gasteiger partial charge in [-0.1, -0.05) is 6.42 Å². The fourth-order valence-electron chi connectivity index (χ4n) is 3.65. The lowest BCUT2D eigenvalue weighted by molar-refractivity contribution is 0.207. The Morgan fingerprint density at radius 1 is 0.929 bits per heavy atom. The van der Waals surface area contributed by atoms with E-state index in [2.05, 4.69) is 10.2 Å². The third kappa shape index (κ3) is 1.59. The van der Waals surface area contributed by atoms with Crippen LogP contribution in [0.5, 0.6) is 0 Å². The Bertz CT molecular complexity index is 178. The van der Waals surface area contributed by atoms with Gasteiger partial charge in [-0.2, -0.15) is 0 Å². The van der Waals surface area contributed by atoms with Gasteiger partial charge >= 0.3 is 0 Å².